The number of hydrogen-bond acceptors (Lipinski definition) is 3. The SMILES string of the molecule is CCC(C)(CO)NCCOc1ccc(Br)cc1. The monoisotopic (exact) mass is 301 g/mol. The van der Waals surface area contributed by atoms with Crippen LogP contribution in [0.3, 0.4) is 0 Å². The van der Waals surface area contributed by atoms with E-state index in [-0.39, 0.29) is 12.1 Å². The van der Waals surface area contributed by atoms with E-state index in [0.29, 0.717) is 6.61 Å². The van der Waals surface area contributed by atoms with Crippen molar-refractivity contribution < 1.29 is 9.84 Å². The lowest BCUT2D eigenvalue weighted by molar-refractivity contribution is 0.162. The summed E-state index contributed by atoms with van der Waals surface area (Å²) < 4.78 is 6.62. The summed E-state index contributed by atoms with van der Waals surface area (Å²) in [6, 6.07) is 7.75. The van der Waals surface area contributed by atoms with Gasteiger partial charge in [-0.05, 0) is 37.6 Å². The summed E-state index contributed by atoms with van der Waals surface area (Å²) in [5.41, 5.74) is -0.205. The predicted octanol–water partition coefficient (Wildman–Crippen LogP) is 2.58. The van der Waals surface area contributed by atoms with Crippen molar-refractivity contribution in [3.63, 3.8) is 0 Å². The molecule has 0 saturated heterocycles. The number of aliphatic hydroxyl groups is 1. The molecule has 0 heterocycles. The molecule has 4 heteroatoms. The van der Waals surface area contributed by atoms with Gasteiger partial charge >= 0.3 is 0 Å². The van der Waals surface area contributed by atoms with Crippen molar-refractivity contribution in [3.05, 3.63) is 28.7 Å². The van der Waals surface area contributed by atoms with Crippen molar-refractivity contribution >= 4 is 15.9 Å². The molecule has 0 aliphatic rings. The van der Waals surface area contributed by atoms with Crippen LogP contribution in [0.4, 0.5) is 0 Å². The molecule has 0 spiro atoms. The first-order valence-corrected chi connectivity index (χ1v) is 6.63. The first kappa shape index (κ1) is 14.5. The van der Waals surface area contributed by atoms with Gasteiger partial charge in [-0.2, -0.15) is 0 Å². The Labute approximate surface area is 111 Å². The summed E-state index contributed by atoms with van der Waals surface area (Å²) in [5, 5.41) is 12.5. The van der Waals surface area contributed by atoms with Crippen molar-refractivity contribution in [2.45, 2.75) is 25.8 Å². The Balaban J connectivity index is 2.26. The molecule has 0 aromatic heterocycles. The molecule has 1 aromatic carbocycles. The van der Waals surface area contributed by atoms with Crippen LogP contribution in [0.1, 0.15) is 20.3 Å². The molecule has 2 N–H and O–H groups in total. The molecule has 0 radical (unpaired) electrons. The van der Waals surface area contributed by atoms with E-state index in [9.17, 15) is 5.11 Å². The van der Waals surface area contributed by atoms with E-state index in [1.165, 1.54) is 0 Å². The fourth-order valence-electron chi connectivity index (χ4n) is 1.35. The average molecular weight is 302 g/mol. The van der Waals surface area contributed by atoms with Gasteiger partial charge in [-0.25, -0.2) is 0 Å². The van der Waals surface area contributed by atoms with Crippen LogP contribution in [0.25, 0.3) is 0 Å². The number of aliphatic hydroxyl groups excluding tert-OH is 1. The van der Waals surface area contributed by atoms with Gasteiger partial charge in [0, 0.05) is 16.6 Å². The maximum absolute atomic E-state index is 9.22. The van der Waals surface area contributed by atoms with Crippen LogP contribution < -0.4 is 10.1 Å². The van der Waals surface area contributed by atoms with Gasteiger partial charge in [0.1, 0.15) is 12.4 Å². The Hall–Kier alpha value is -0.580. The molecular formula is C13H20BrNO2. The van der Waals surface area contributed by atoms with Gasteiger partial charge in [-0.3, -0.25) is 0 Å². The highest BCUT2D eigenvalue weighted by Gasteiger charge is 2.19. The minimum Gasteiger partial charge on any atom is -0.492 e. The Kier molecular flexibility index (Phi) is 5.95. The van der Waals surface area contributed by atoms with Gasteiger partial charge in [0.05, 0.1) is 6.61 Å². The quantitative estimate of drug-likeness (QED) is 0.761. The van der Waals surface area contributed by atoms with Gasteiger partial charge < -0.3 is 15.2 Å². The summed E-state index contributed by atoms with van der Waals surface area (Å²) in [5.74, 6) is 0.859. The molecule has 0 bridgehead atoms. The van der Waals surface area contributed by atoms with Crippen molar-refractivity contribution in [1.29, 1.82) is 0 Å². The normalized spacial score (nSPS) is 14.4. The second-order valence-electron chi connectivity index (χ2n) is 4.30. The second kappa shape index (κ2) is 6.99. The fraction of sp³-hybridized carbons (Fsp3) is 0.538. The zero-order valence-corrected chi connectivity index (χ0v) is 12.0. The van der Waals surface area contributed by atoms with E-state index in [1.54, 1.807) is 0 Å². The number of nitrogens with one attached hydrogen (secondary N) is 1. The van der Waals surface area contributed by atoms with E-state index in [1.807, 2.05) is 31.2 Å². The molecule has 17 heavy (non-hydrogen) atoms. The minimum absolute atomic E-state index is 0.141. The van der Waals surface area contributed by atoms with E-state index >= 15 is 0 Å². The van der Waals surface area contributed by atoms with Gasteiger partial charge in [-0.15, -0.1) is 0 Å². The third-order valence-electron chi connectivity index (χ3n) is 2.87. The van der Waals surface area contributed by atoms with E-state index in [2.05, 4.69) is 28.2 Å². The Morgan fingerprint density at radius 3 is 2.53 bits per heavy atom. The van der Waals surface area contributed by atoms with Crippen LogP contribution >= 0.6 is 15.9 Å². The molecule has 0 fully saturated rings. The van der Waals surface area contributed by atoms with Gasteiger partial charge in [0.15, 0.2) is 0 Å². The van der Waals surface area contributed by atoms with Crippen LogP contribution in [-0.4, -0.2) is 30.4 Å². The first-order chi connectivity index (χ1) is 8.09. The second-order valence-corrected chi connectivity index (χ2v) is 5.22. The number of ether oxygens (including phenoxy) is 1. The first-order valence-electron chi connectivity index (χ1n) is 5.84. The van der Waals surface area contributed by atoms with E-state index in [4.69, 9.17) is 4.74 Å². The summed E-state index contributed by atoms with van der Waals surface area (Å²) in [4.78, 5) is 0. The molecule has 0 saturated carbocycles. The Morgan fingerprint density at radius 2 is 2.00 bits per heavy atom. The Morgan fingerprint density at radius 1 is 1.35 bits per heavy atom. The largest absolute Gasteiger partial charge is 0.492 e. The van der Waals surface area contributed by atoms with Crippen molar-refractivity contribution in [3.8, 4) is 5.75 Å². The van der Waals surface area contributed by atoms with Crippen molar-refractivity contribution in [2.75, 3.05) is 19.8 Å². The van der Waals surface area contributed by atoms with Gasteiger partial charge in [0.25, 0.3) is 0 Å². The lowest BCUT2D eigenvalue weighted by atomic mass is 10.0. The molecule has 3 nitrogen and oxygen atoms in total. The third-order valence-corrected chi connectivity index (χ3v) is 3.39. The zero-order valence-electron chi connectivity index (χ0n) is 10.4. The zero-order chi connectivity index (χ0) is 12.7. The van der Waals surface area contributed by atoms with Crippen molar-refractivity contribution in [2.24, 2.45) is 0 Å². The molecular weight excluding hydrogens is 282 g/mol. The lowest BCUT2D eigenvalue weighted by Gasteiger charge is -2.27. The molecule has 1 unspecified atom stereocenters. The smallest absolute Gasteiger partial charge is 0.119 e. The average Bonchev–Trinajstić information content (AvgIpc) is 2.36. The van der Waals surface area contributed by atoms with Crippen LogP contribution in [0.5, 0.6) is 5.75 Å². The molecule has 1 rings (SSSR count). The molecule has 96 valence electrons. The summed E-state index contributed by atoms with van der Waals surface area (Å²) in [6.45, 7) is 5.52. The fourth-order valence-corrected chi connectivity index (χ4v) is 1.61. The van der Waals surface area contributed by atoms with E-state index < -0.39 is 0 Å². The van der Waals surface area contributed by atoms with Crippen molar-refractivity contribution in [1.82, 2.24) is 5.32 Å². The highest BCUT2D eigenvalue weighted by Crippen LogP contribution is 2.15. The number of rotatable bonds is 7. The minimum atomic E-state index is -0.205. The highest BCUT2D eigenvalue weighted by atomic mass is 79.9. The number of benzene rings is 1. The summed E-state index contributed by atoms with van der Waals surface area (Å²) in [7, 11) is 0. The summed E-state index contributed by atoms with van der Waals surface area (Å²) in [6.07, 6.45) is 0.891. The lowest BCUT2D eigenvalue weighted by Crippen LogP contribution is -2.46. The van der Waals surface area contributed by atoms with E-state index in [0.717, 1.165) is 23.2 Å². The van der Waals surface area contributed by atoms with Crippen LogP contribution in [0, 0.1) is 0 Å². The molecule has 1 atom stereocenters. The van der Waals surface area contributed by atoms with Gasteiger partial charge in [-0.1, -0.05) is 22.9 Å². The maximum atomic E-state index is 9.22. The highest BCUT2D eigenvalue weighted by molar-refractivity contribution is 9.10. The summed E-state index contributed by atoms with van der Waals surface area (Å²) >= 11 is 3.38. The van der Waals surface area contributed by atoms with Crippen LogP contribution in [0.2, 0.25) is 0 Å². The predicted molar refractivity (Wildman–Crippen MR) is 73.4 cm³/mol. The molecule has 1 aromatic rings. The maximum Gasteiger partial charge on any atom is 0.119 e. The number of halogens is 1. The molecule has 0 aliphatic carbocycles. The third kappa shape index (κ3) is 5.06. The molecule has 0 aliphatic heterocycles. The topological polar surface area (TPSA) is 41.5 Å². The van der Waals surface area contributed by atoms with Gasteiger partial charge in [0.2, 0.25) is 0 Å². The number of hydrogen-bond donors (Lipinski definition) is 2. The standard InChI is InChI=1S/C13H20BrNO2/c1-3-13(2,10-16)15-8-9-17-12-6-4-11(14)5-7-12/h4-7,15-16H,3,8-10H2,1-2H3. The Bertz CT molecular complexity index is 323. The van der Waals surface area contributed by atoms with Crippen LogP contribution in [0.15, 0.2) is 28.7 Å². The molecule has 0 amide bonds. The van der Waals surface area contributed by atoms with Crippen LogP contribution in [-0.2, 0) is 0 Å².